The van der Waals surface area contributed by atoms with Gasteiger partial charge in [-0.1, -0.05) is 30.3 Å². The van der Waals surface area contributed by atoms with E-state index < -0.39 is 0 Å². The Morgan fingerprint density at radius 3 is 2.65 bits per heavy atom. The lowest BCUT2D eigenvalue weighted by atomic mass is 9.87. The molecule has 0 bridgehead atoms. The smallest absolute Gasteiger partial charge is 0.254 e. The zero-order chi connectivity index (χ0) is 21.5. The zero-order valence-corrected chi connectivity index (χ0v) is 17.9. The van der Waals surface area contributed by atoms with Crippen molar-refractivity contribution in [1.82, 2.24) is 10.6 Å². The molecule has 5 atom stereocenters. The summed E-state index contributed by atoms with van der Waals surface area (Å²) in [7, 11) is 1.59. The van der Waals surface area contributed by atoms with Crippen LogP contribution in [-0.2, 0) is 4.74 Å². The van der Waals surface area contributed by atoms with E-state index in [-0.39, 0.29) is 29.9 Å². The summed E-state index contributed by atoms with van der Waals surface area (Å²) in [4.78, 5) is 25.8. The fourth-order valence-corrected chi connectivity index (χ4v) is 5.22. The summed E-state index contributed by atoms with van der Waals surface area (Å²) in [6.45, 7) is 3.53. The van der Waals surface area contributed by atoms with Gasteiger partial charge in [0.05, 0.1) is 12.2 Å². The molecule has 5 rings (SSSR count). The van der Waals surface area contributed by atoms with Crippen LogP contribution in [0.1, 0.15) is 57.5 Å². The maximum atomic E-state index is 13.2. The fourth-order valence-electron chi connectivity index (χ4n) is 5.22. The van der Waals surface area contributed by atoms with E-state index in [4.69, 9.17) is 9.47 Å². The van der Waals surface area contributed by atoms with Gasteiger partial charge in [0, 0.05) is 42.7 Å². The third-order valence-electron chi connectivity index (χ3n) is 6.88. The quantitative estimate of drug-likeness (QED) is 0.797. The normalized spacial score (nSPS) is 28.5. The van der Waals surface area contributed by atoms with E-state index in [1.54, 1.807) is 13.1 Å². The van der Waals surface area contributed by atoms with Crippen molar-refractivity contribution in [2.75, 3.05) is 20.3 Å². The summed E-state index contributed by atoms with van der Waals surface area (Å²) in [5.41, 5.74) is 2.90. The average molecular weight is 421 g/mol. The molecule has 0 radical (unpaired) electrons. The Hall–Kier alpha value is -2.86. The minimum absolute atomic E-state index is 0.0345. The van der Waals surface area contributed by atoms with Crippen LogP contribution in [0.25, 0.3) is 0 Å². The van der Waals surface area contributed by atoms with Crippen molar-refractivity contribution in [1.29, 1.82) is 0 Å². The highest BCUT2D eigenvalue weighted by Gasteiger charge is 2.51. The highest BCUT2D eigenvalue weighted by atomic mass is 16.5. The van der Waals surface area contributed by atoms with Crippen molar-refractivity contribution in [2.45, 2.75) is 37.8 Å². The standard InChI is InChI=1S/C25H28N2O4/c1-14-21(15-7-4-3-5-8-15)18-11-16(12-19(23(18)31-14)25(29)26-2)24(28)27-22-17-9-6-10-30-13-20(17)22/h3-5,7-8,11-12,14,17,20-22H,6,9-10,13H2,1-2H3,(H,26,29)(H,27,28)/t14-,17+,20+,21+,22+/m0/s1. The van der Waals surface area contributed by atoms with Gasteiger partial charge in [-0.15, -0.1) is 0 Å². The molecule has 6 nitrogen and oxygen atoms in total. The summed E-state index contributed by atoms with van der Waals surface area (Å²) in [5.74, 6) is 1.05. The van der Waals surface area contributed by atoms with Gasteiger partial charge in [0.15, 0.2) is 0 Å². The molecule has 3 aliphatic rings. The van der Waals surface area contributed by atoms with E-state index in [0.29, 0.717) is 35.3 Å². The van der Waals surface area contributed by atoms with E-state index in [2.05, 4.69) is 22.8 Å². The lowest BCUT2D eigenvalue weighted by Crippen LogP contribution is -2.29. The SMILES string of the molecule is CNC(=O)c1cc(C(=O)N[C@@H]2[C@@H]3CCCOC[C@H]32)cc2c1O[C@@H](C)[C@@H]2c1ccccc1. The van der Waals surface area contributed by atoms with Crippen molar-refractivity contribution < 1.29 is 19.1 Å². The molecule has 2 aromatic rings. The van der Waals surface area contributed by atoms with Gasteiger partial charge in [0.2, 0.25) is 0 Å². The Morgan fingerprint density at radius 1 is 1.06 bits per heavy atom. The first-order valence-corrected chi connectivity index (χ1v) is 11.1. The van der Waals surface area contributed by atoms with Gasteiger partial charge < -0.3 is 20.1 Å². The third kappa shape index (κ3) is 3.59. The highest BCUT2D eigenvalue weighted by molar-refractivity contribution is 6.02. The van der Waals surface area contributed by atoms with Crippen molar-refractivity contribution >= 4 is 11.8 Å². The van der Waals surface area contributed by atoms with Crippen LogP contribution in [0.5, 0.6) is 5.75 Å². The van der Waals surface area contributed by atoms with Gasteiger partial charge in [-0.2, -0.15) is 0 Å². The molecule has 2 amide bonds. The number of carbonyl (C=O) groups excluding carboxylic acids is 2. The van der Waals surface area contributed by atoms with Crippen molar-refractivity contribution in [3.63, 3.8) is 0 Å². The topological polar surface area (TPSA) is 76.7 Å². The number of fused-ring (bicyclic) bond motifs is 2. The van der Waals surface area contributed by atoms with E-state index in [1.807, 2.05) is 31.2 Å². The number of hydrogen-bond acceptors (Lipinski definition) is 4. The molecular weight excluding hydrogens is 392 g/mol. The predicted octanol–water partition coefficient (Wildman–Crippen LogP) is 3.11. The van der Waals surface area contributed by atoms with Gasteiger partial charge in [-0.25, -0.2) is 0 Å². The highest BCUT2D eigenvalue weighted by Crippen LogP contribution is 2.46. The van der Waals surface area contributed by atoms with Crippen molar-refractivity contribution in [3.8, 4) is 5.75 Å². The molecule has 162 valence electrons. The van der Waals surface area contributed by atoms with Crippen LogP contribution in [-0.4, -0.2) is 44.2 Å². The second-order valence-electron chi connectivity index (χ2n) is 8.78. The Bertz CT molecular complexity index is 994. The molecule has 0 aromatic heterocycles. The van der Waals surface area contributed by atoms with Crippen molar-refractivity contribution in [3.05, 3.63) is 64.7 Å². The number of carbonyl (C=O) groups is 2. The monoisotopic (exact) mass is 420 g/mol. The Kier molecular flexibility index (Phi) is 5.18. The molecule has 2 aromatic carbocycles. The third-order valence-corrected chi connectivity index (χ3v) is 6.88. The molecule has 1 saturated carbocycles. The summed E-state index contributed by atoms with van der Waals surface area (Å²) < 4.78 is 11.8. The maximum absolute atomic E-state index is 13.2. The fraction of sp³-hybridized carbons (Fsp3) is 0.440. The van der Waals surface area contributed by atoms with Crippen LogP contribution in [0.3, 0.4) is 0 Å². The average Bonchev–Trinajstić information content (AvgIpc) is 3.40. The van der Waals surface area contributed by atoms with Crippen LogP contribution >= 0.6 is 0 Å². The lowest BCUT2D eigenvalue weighted by molar-refractivity contribution is 0.0934. The molecule has 1 aliphatic carbocycles. The maximum Gasteiger partial charge on any atom is 0.254 e. The number of hydrogen-bond donors (Lipinski definition) is 2. The molecular formula is C25H28N2O4. The Labute approximate surface area is 182 Å². The van der Waals surface area contributed by atoms with Crippen LogP contribution in [0, 0.1) is 11.8 Å². The van der Waals surface area contributed by atoms with Gasteiger partial charge in [0.1, 0.15) is 11.9 Å². The Balaban J connectivity index is 1.48. The summed E-state index contributed by atoms with van der Waals surface area (Å²) >= 11 is 0. The summed E-state index contributed by atoms with van der Waals surface area (Å²) in [6.07, 6.45) is 2.00. The predicted molar refractivity (Wildman–Crippen MR) is 116 cm³/mol. The number of benzene rings is 2. The molecule has 31 heavy (non-hydrogen) atoms. The van der Waals surface area contributed by atoms with E-state index >= 15 is 0 Å². The summed E-state index contributed by atoms with van der Waals surface area (Å²) in [6, 6.07) is 13.8. The minimum Gasteiger partial charge on any atom is -0.489 e. The van der Waals surface area contributed by atoms with Crippen LogP contribution in [0.2, 0.25) is 0 Å². The zero-order valence-electron chi connectivity index (χ0n) is 17.9. The molecule has 6 heteroatoms. The molecule has 0 unspecified atom stereocenters. The van der Waals surface area contributed by atoms with Crippen LogP contribution in [0.15, 0.2) is 42.5 Å². The molecule has 1 saturated heterocycles. The van der Waals surface area contributed by atoms with E-state index in [0.717, 1.165) is 30.6 Å². The molecule has 2 heterocycles. The van der Waals surface area contributed by atoms with Gasteiger partial charge in [-0.05, 0) is 43.4 Å². The van der Waals surface area contributed by atoms with E-state index in [9.17, 15) is 9.59 Å². The summed E-state index contributed by atoms with van der Waals surface area (Å²) in [5, 5.41) is 5.87. The first-order valence-electron chi connectivity index (χ1n) is 11.1. The number of amides is 2. The molecule has 2 fully saturated rings. The first-order chi connectivity index (χ1) is 15.1. The number of nitrogens with one attached hydrogen (secondary N) is 2. The first kappa shape index (κ1) is 20.1. The number of ether oxygens (including phenoxy) is 2. The molecule has 0 spiro atoms. The van der Waals surface area contributed by atoms with E-state index in [1.165, 1.54) is 0 Å². The van der Waals surface area contributed by atoms with Crippen LogP contribution in [0.4, 0.5) is 0 Å². The molecule has 2 aliphatic heterocycles. The number of rotatable bonds is 4. The lowest BCUT2D eigenvalue weighted by Gasteiger charge is -2.15. The largest absolute Gasteiger partial charge is 0.489 e. The minimum atomic E-state index is -0.253. The second kappa shape index (κ2) is 8.00. The van der Waals surface area contributed by atoms with Crippen LogP contribution < -0.4 is 15.4 Å². The van der Waals surface area contributed by atoms with Gasteiger partial charge in [0.25, 0.3) is 11.8 Å². The second-order valence-corrected chi connectivity index (χ2v) is 8.78. The molecule has 2 N–H and O–H groups in total. The Morgan fingerprint density at radius 2 is 1.87 bits per heavy atom. The van der Waals surface area contributed by atoms with Gasteiger partial charge in [-0.3, -0.25) is 9.59 Å². The van der Waals surface area contributed by atoms with Crippen molar-refractivity contribution in [2.24, 2.45) is 11.8 Å². The van der Waals surface area contributed by atoms with Gasteiger partial charge >= 0.3 is 0 Å².